The van der Waals surface area contributed by atoms with Gasteiger partial charge in [-0.3, -0.25) is 0 Å². The van der Waals surface area contributed by atoms with Crippen molar-refractivity contribution < 1.29 is 19.5 Å². The van der Waals surface area contributed by atoms with Crippen LogP contribution in [0.3, 0.4) is 0 Å². The lowest BCUT2D eigenvalue weighted by molar-refractivity contribution is -0.185. The number of para-hydroxylation sites is 1. The van der Waals surface area contributed by atoms with Crippen molar-refractivity contribution in [2.75, 3.05) is 31.1 Å². The van der Waals surface area contributed by atoms with Gasteiger partial charge in [0.05, 0.1) is 13.1 Å². The van der Waals surface area contributed by atoms with Crippen LogP contribution in [0.25, 0.3) is 0 Å². The average molecular weight is 276 g/mol. The summed E-state index contributed by atoms with van der Waals surface area (Å²) in [6, 6.07) is 10.0. The van der Waals surface area contributed by atoms with Crippen molar-refractivity contribution >= 4 is 17.6 Å². The maximum absolute atomic E-state index is 11.3. The van der Waals surface area contributed by atoms with Gasteiger partial charge in [0, 0.05) is 30.9 Å². The predicted octanol–water partition coefficient (Wildman–Crippen LogP) is 0.908. The quantitative estimate of drug-likeness (QED) is 0.824. The van der Waals surface area contributed by atoms with Gasteiger partial charge in [0.1, 0.15) is 0 Å². The van der Waals surface area contributed by atoms with Gasteiger partial charge < -0.3 is 14.8 Å². The minimum Gasteiger partial charge on any atom is -0.478 e. The lowest BCUT2D eigenvalue weighted by atomic mass is 10.2. The molecule has 0 spiro atoms. The first-order valence-corrected chi connectivity index (χ1v) is 6.33. The van der Waals surface area contributed by atoms with Gasteiger partial charge in [-0.2, -0.15) is 0 Å². The molecule has 1 N–H and O–H groups in total. The highest BCUT2D eigenvalue weighted by molar-refractivity contribution is 5.90. The van der Waals surface area contributed by atoms with E-state index in [4.69, 9.17) is 9.94 Å². The number of hydroxylamine groups is 2. The van der Waals surface area contributed by atoms with Crippen LogP contribution in [-0.4, -0.2) is 48.3 Å². The maximum Gasteiger partial charge on any atom is 0.349 e. The van der Waals surface area contributed by atoms with Gasteiger partial charge in [0.15, 0.2) is 0 Å². The van der Waals surface area contributed by atoms with Crippen LogP contribution in [0.1, 0.15) is 0 Å². The highest BCUT2D eigenvalue weighted by Crippen LogP contribution is 2.15. The van der Waals surface area contributed by atoms with E-state index in [0.29, 0.717) is 13.1 Å². The normalized spacial score (nSPS) is 16.3. The zero-order valence-corrected chi connectivity index (χ0v) is 10.9. The van der Waals surface area contributed by atoms with Gasteiger partial charge in [-0.1, -0.05) is 18.2 Å². The molecule has 1 aromatic rings. The zero-order valence-electron chi connectivity index (χ0n) is 10.9. The molecule has 6 heteroatoms. The molecule has 2 rings (SSSR count). The van der Waals surface area contributed by atoms with E-state index < -0.39 is 11.9 Å². The summed E-state index contributed by atoms with van der Waals surface area (Å²) in [5, 5.41) is 9.96. The van der Waals surface area contributed by atoms with Crippen LogP contribution in [0.2, 0.25) is 0 Å². The van der Waals surface area contributed by atoms with E-state index in [9.17, 15) is 9.59 Å². The van der Waals surface area contributed by atoms with Gasteiger partial charge in [-0.15, -0.1) is 5.06 Å². The van der Waals surface area contributed by atoms with Crippen LogP contribution >= 0.6 is 0 Å². The molecule has 0 aromatic heterocycles. The van der Waals surface area contributed by atoms with Crippen molar-refractivity contribution in [3.05, 3.63) is 42.5 Å². The van der Waals surface area contributed by atoms with E-state index in [1.165, 1.54) is 0 Å². The lowest BCUT2D eigenvalue weighted by Gasteiger charge is -2.34. The summed E-state index contributed by atoms with van der Waals surface area (Å²) in [5.41, 5.74) is 1.14. The molecule has 1 heterocycles. The number of carboxylic acids is 1. The molecule has 0 unspecified atom stereocenters. The third kappa shape index (κ3) is 4.10. The van der Waals surface area contributed by atoms with Crippen LogP contribution in [-0.2, 0) is 14.4 Å². The molecular formula is C14H16N2O4. The molecule has 0 radical (unpaired) electrons. The summed E-state index contributed by atoms with van der Waals surface area (Å²) in [6.07, 6.45) is 1.68. The number of rotatable bonds is 4. The number of anilines is 1. The van der Waals surface area contributed by atoms with E-state index in [-0.39, 0.29) is 0 Å². The number of hydrogen-bond donors (Lipinski definition) is 1. The van der Waals surface area contributed by atoms with Crippen molar-refractivity contribution in [2.24, 2.45) is 0 Å². The van der Waals surface area contributed by atoms with Crippen molar-refractivity contribution in [3.63, 3.8) is 0 Å². The standard InChI is InChI=1S/C14H16N2O4/c17-13(18)6-7-14(19)20-16-10-8-15(9-11-16)12-4-2-1-3-5-12/h1-7H,8-11H2,(H,17,18). The smallest absolute Gasteiger partial charge is 0.349 e. The van der Waals surface area contributed by atoms with Crippen molar-refractivity contribution in [3.8, 4) is 0 Å². The van der Waals surface area contributed by atoms with Gasteiger partial charge in [-0.05, 0) is 12.1 Å². The topological polar surface area (TPSA) is 70.1 Å². The number of carbonyl (C=O) groups is 2. The van der Waals surface area contributed by atoms with Crippen LogP contribution in [0.5, 0.6) is 0 Å². The Morgan fingerprint density at radius 3 is 2.30 bits per heavy atom. The lowest BCUT2D eigenvalue weighted by Crippen LogP contribution is -2.46. The second-order valence-corrected chi connectivity index (χ2v) is 4.33. The molecule has 0 bridgehead atoms. The van der Waals surface area contributed by atoms with Gasteiger partial charge in [0.2, 0.25) is 0 Å². The second-order valence-electron chi connectivity index (χ2n) is 4.33. The molecule has 1 saturated heterocycles. The minimum atomic E-state index is -1.17. The first-order valence-electron chi connectivity index (χ1n) is 6.33. The third-order valence-corrected chi connectivity index (χ3v) is 2.94. The molecule has 0 saturated carbocycles. The molecule has 0 aliphatic carbocycles. The first-order chi connectivity index (χ1) is 9.65. The van der Waals surface area contributed by atoms with Crippen LogP contribution < -0.4 is 4.90 Å². The van der Waals surface area contributed by atoms with E-state index in [2.05, 4.69) is 4.90 Å². The first kappa shape index (κ1) is 14.1. The summed E-state index contributed by atoms with van der Waals surface area (Å²) in [7, 11) is 0. The molecule has 1 aliphatic rings. The maximum atomic E-state index is 11.3. The number of piperazine rings is 1. The Kier molecular flexibility index (Phi) is 4.73. The number of hydrogen-bond acceptors (Lipinski definition) is 5. The summed E-state index contributed by atoms with van der Waals surface area (Å²) in [6.45, 7) is 2.67. The Balaban J connectivity index is 1.80. The van der Waals surface area contributed by atoms with E-state index in [1.807, 2.05) is 30.3 Å². The van der Waals surface area contributed by atoms with Gasteiger partial charge in [-0.25, -0.2) is 9.59 Å². The van der Waals surface area contributed by atoms with Crippen molar-refractivity contribution in [2.45, 2.75) is 0 Å². The summed E-state index contributed by atoms with van der Waals surface area (Å²) in [5.74, 6) is -1.84. The average Bonchev–Trinajstić information content (AvgIpc) is 2.47. The molecule has 1 aliphatic heterocycles. The van der Waals surface area contributed by atoms with Crippen LogP contribution in [0.15, 0.2) is 42.5 Å². The predicted molar refractivity (Wildman–Crippen MR) is 73.1 cm³/mol. The van der Waals surface area contributed by atoms with E-state index in [0.717, 1.165) is 30.9 Å². The largest absolute Gasteiger partial charge is 0.478 e. The monoisotopic (exact) mass is 276 g/mol. The number of aliphatic carboxylic acids is 1. The number of benzene rings is 1. The van der Waals surface area contributed by atoms with Crippen LogP contribution in [0, 0.1) is 0 Å². The third-order valence-electron chi connectivity index (χ3n) is 2.94. The molecule has 106 valence electrons. The highest BCUT2D eigenvalue weighted by Gasteiger charge is 2.19. The Labute approximate surface area is 116 Å². The van der Waals surface area contributed by atoms with E-state index >= 15 is 0 Å². The molecule has 1 fully saturated rings. The molecular weight excluding hydrogens is 260 g/mol. The summed E-state index contributed by atoms with van der Waals surface area (Å²) >= 11 is 0. The Bertz CT molecular complexity index is 493. The molecule has 1 aromatic carbocycles. The fourth-order valence-electron chi connectivity index (χ4n) is 1.97. The van der Waals surface area contributed by atoms with Crippen LogP contribution in [0.4, 0.5) is 5.69 Å². The number of nitrogens with zero attached hydrogens (tertiary/aromatic N) is 2. The number of carbonyl (C=O) groups excluding carboxylic acids is 1. The zero-order chi connectivity index (χ0) is 14.4. The fraction of sp³-hybridized carbons (Fsp3) is 0.286. The van der Waals surface area contributed by atoms with Crippen molar-refractivity contribution in [1.82, 2.24) is 5.06 Å². The fourth-order valence-corrected chi connectivity index (χ4v) is 1.97. The van der Waals surface area contributed by atoms with Gasteiger partial charge in [0.25, 0.3) is 0 Å². The van der Waals surface area contributed by atoms with Gasteiger partial charge >= 0.3 is 11.9 Å². The SMILES string of the molecule is O=C(O)C=CC(=O)ON1CCN(c2ccccc2)CC1. The Morgan fingerprint density at radius 2 is 1.70 bits per heavy atom. The Morgan fingerprint density at radius 1 is 1.05 bits per heavy atom. The highest BCUT2D eigenvalue weighted by atomic mass is 16.7. The van der Waals surface area contributed by atoms with E-state index in [1.54, 1.807) is 5.06 Å². The molecule has 6 nitrogen and oxygen atoms in total. The minimum absolute atomic E-state index is 0.585. The van der Waals surface area contributed by atoms with Crippen molar-refractivity contribution in [1.29, 1.82) is 0 Å². The molecule has 0 amide bonds. The Hall–Kier alpha value is -2.34. The summed E-state index contributed by atoms with van der Waals surface area (Å²) in [4.78, 5) is 28.9. The number of carboxylic acid groups (broad SMARTS) is 1. The molecule has 20 heavy (non-hydrogen) atoms. The second kappa shape index (κ2) is 6.72. The summed E-state index contributed by atoms with van der Waals surface area (Å²) < 4.78 is 0. The molecule has 0 atom stereocenters.